The Morgan fingerprint density at radius 1 is 1.26 bits per heavy atom. The average molecular weight is 379 g/mol. The van der Waals surface area contributed by atoms with Crippen LogP contribution in [0.1, 0.15) is 11.1 Å². The molecule has 0 heterocycles. The fourth-order valence-electron chi connectivity index (χ4n) is 2.07. The zero-order valence-electron chi connectivity index (χ0n) is 12.6. The molecule has 7 heteroatoms. The number of carbonyl (C=O) groups excluding carboxylic acids is 1. The number of carbonyl (C=O) groups is 1. The van der Waals surface area contributed by atoms with Crippen LogP contribution < -0.4 is 10.1 Å². The number of benzene rings is 2. The van der Waals surface area contributed by atoms with Gasteiger partial charge < -0.3 is 10.1 Å². The Bertz CT molecular complexity index is 741. The molecule has 0 aliphatic rings. The molecule has 0 radical (unpaired) electrons. The first-order valence-electron chi connectivity index (χ1n) is 6.81. The Hall–Kier alpha value is -2.41. The van der Waals surface area contributed by atoms with Crippen molar-refractivity contribution in [2.45, 2.75) is 13.8 Å². The summed E-state index contributed by atoms with van der Waals surface area (Å²) in [5.41, 5.74) is 2.11. The smallest absolute Gasteiger partial charge is 0.271 e. The standard InChI is InChI=1S/C16H15BrN2O4/c1-10-4-3-5-11(2)16(10)23-9-15(20)18-14-8-12(19(21)22)6-7-13(14)17/h3-8H,9H2,1-2H3,(H,18,20). The molecule has 0 fully saturated rings. The number of non-ortho nitro benzene ring substituents is 1. The largest absolute Gasteiger partial charge is 0.483 e. The van der Waals surface area contributed by atoms with Gasteiger partial charge in [-0.15, -0.1) is 0 Å². The number of rotatable bonds is 5. The molecule has 2 rings (SSSR count). The summed E-state index contributed by atoms with van der Waals surface area (Å²) in [4.78, 5) is 22.3. The van der Waals surface area contributed by atoms with Crippen molar-refractivity contribution >= 4 is 33.2 Å². The van der Waals surface area contributed by atoms with Gasteiger partial charge in [0, 0.05) is 16.6 Å². The third-order valence-electron chi connectivity index (χ3n) is 3.19. The van der Waals surface area contributed by atoms with Crippen LogP contribution >= 0.6 is 15.9 Å². The number of nitro benzene ring substituents is 1. The van der Waals surface area contributed by atoms with E-state index in [4.69, 9.17) is 4.74 Å². The molecular weight excluding hydrogens is 364 g/mol. The molecule has 0 spiro atoms. The van der Waals surface area contributed by atoms with Crippen LogP contribution in [0.5, 0.6) is 5.75 Å². The lowest BCUT2D eigenvalue weighted by atomic mass is 10.1. The molecule has 0 atom stereocenters. The Morgan fingerprint density at radius 3 is 2.52 bits per heavy atom. The molecule has 0 bridgehead atoms. The van der Waals surface area contributed by atoms with Gasteiger partial charge in [0.15, 0.2) is 6.61 Å². The number of hydrogen-bond acceptors (Lipinski definition) is 4. The number of para-hydroxylation sites is 1. The van der Waals surface area contributed by atoms with Crippen molar-refractivity contribution in [1.29, 1.82) is 0 Å². The first-order valence-corrected chi connectivity index (χ1v) is 7.60. The first-order chi connectivity index (χ1) is 10.9. The van der Waals surface area contributed by atoms with Crippen LogP contribution in [0.25, 0.3) is 0 Å². The van der Waals surface area contributed by atoms with E-state index < -0.39 is 10.8 Å². The minimum Gasteiger partial charge on any atom is -0.483 e. The number of halogens is 1. The van der Waals surface area contributed by atoms with Crippen molar-refractivity contribution in [1.82, 2.24) is 0 Å². The van der Waals surface area contributed by atoms with Crippen molar-refractivity contribution in [2.24, 2.45) is 0 Å². The quantitative estimate of drug-likeness (QED) is 0.629. The van der Waals surface area contributed by atoms with E-state index >= 15 is 0 Å². The Morgan fingerprint density at radius 2 is 1.91 bits per heavy atom. The summed E-state index contributed by atoms with van der Waals surface area (Å²) < 4.78 is 6.12. The van der Waals surface area contributed by atoms with E-state index in [1.165, 1.54) is 18.2 Å². The predicted molar refractivity (Wildman–Crippen MR) is 90.8 cm³/mol. The van der Waals surface area contributed by atoms with Gasteiger partial charge in [-0.25, -0.2) is 0 Å². The Labute approximate surface area is 141 Å². The van der Waals surface area contributed by atoms with Crippen molar-refractivity contribution in [2.75, 3.05) is 11.9 Å². The van der Waals surface area contributed by atoms with Crippen molar-refractivity contribution in [3.63, 3.8) is 0 Å². The number of ether oxygens (including phenoxy) is 1. The van der Waals surface area contributed by atoms with Crippen LogP contribution in [0.3, 0.4) is 0 Å². The van der Waals surface area contributed by atoms with E-state index in [2.05, 4.69) is 21.2 Å². The molecule has 0 unspecified atom stereocenters. The molecule has 0 aliphatic carbocycles. The number of nitro groups is 1. The summed E-state index contributed by atoms with van der Waals surface area (Å²) in [7, 11) is 0. The van der Waals surface area contributed by atoms with Crippen LogP contribution in [0.2, 0.25) is 0 Å². The van der Waals surface area contributed by atoms with E-state index in [0.29, 0.717) is 15.9 Å². The lowest BCUT2D eigenvalue weighted by Crippen LogP contribution is -2.21. The fraction of sp³-hybridized carbons (Fsp3) is 0.188. The molecule has 1 amide bonds. The predicted octanol–water partition coefficient (Wildman–Crippen LogP) is 3.99. The Kier molecular flexibility index (Phi) is 5.33. The SMILES string of the molecule is Cc1cccc(C)c1OCC(=O)Nc1cc([N+](=O)[O-])ccc1Br. The van der Waals surface area contributed by atoms with Gasteiger partial charge in [0.05, 0.1) is 10.6 Å². The number of anilines is 1. The van der Waals surface area contributed by atoms with Gasteiger partial charge in [-0.3, -0.25) is 14.9 Å². The summed E-state index contributed by atoms with van der Waals surface area (Å²) >= 11 is 3.25. The molecule has 0 saturated heterocycles. The minimum absolute atomic E-state index is 0.0980. The molecule has 120 valence electrons. The van der Waals surface area contributed by atoms with Gasteiger partial charge in [-0.1, -0.05) is 18.2 Å². The van der Waals surface area contributed by atoms with Gasteiger partial charge >= 0.3 is 0 Å². The highest BCUT2D eigenvalue weighted by atomic mass is 79.9. The van der Waals surface area contributed by atoms with Crippen LogP contribution in [0.15, 0.2) is 40.9 Å². The summed E-state index contributed by atoms with van der Waals surface area (Å²) in [6.07, 6.45) is 0. The van der Waals surface area contributed by atoms with E-state index in [9.17, 15) is 14.9 Å². The average Bonchev–Trinajstić information content (AvgIpc) is 2.48. The van der Waals surface area contributed by atoms with E-state index in [1.807, 2.05) is 32.0 Å². The second-order valence-corrected chi connectivity index (χ2v) is 5.83. The van der Waals surface area contributed by atoms with Crippen molar-refractivity contribution in [3.05, 3.63) is 62.1 Å². The monoisotopic (exact) mass is 378 g/mol. The summed E-state index contributed by atoms with van der Waals surface area (Å²) in [5.74, 6) is 0.273. The first kappa shape index (κ1) is 17.0. The maximum atomic E-state index is 12.0. The molecule has 0 saturated carbocycles. The molecule has 1 N–H and O–H groups in total. The number of nitrogens with one attached hydrogen (secondary N) is 1. The maximum Gasteiger partial charge on any atom is 0.271 e. The Balaban J connectivity index is 2.06. The molecule has 0 aromatic heterocycles. The number of aryl methyl sites for hydroxylation is 2. The normalized spacial score (nSPS) is 10.2. The minimum atomic E-state index is -0.519. The highest BCUT2D eigenvalue weighted by Gasteiger charge is 2.13. The third kappa shape index (κ3) is 4.29. The number of hydrogen-bond donors (Lipinski definition) is 1. The third-order valence-corrected chi connectivity index (χ3v) is 3.88. The second kappa shape index (κ2) is 7.23. The van der Waals surface area contributed by atoms with Crippen LogP contribution in [-0.4, -0.2) is 17.4 Å². The molecule has 23 heavy (non-hydrogen) atoms. The van der Waals surface area contributed by atoms with E-state index in [0.717, 1.165) is 11.1 Å². The molecule has 0 aliphatic heterocycles. The number of amides is 1. The highest BCUT2D eigenvalue weighted by Crippen LogP contribution is 2.27. The zero-order chi connectivity index (χ0) is 17.0. The number of nitrogens with zero attached hydrogens (tertiary/aromatic N) is 1. The second-order valence-electron chi connectivity index (χ2n) is 4.98. The van der Waals surface area contributed by atoms with Gasteiger partial charge in [0.2, 0.25) is 0 Å². The van der Waals surface area contributed by atoms with Crippen LogP contribution in [-0.2, 0) is 4.79 Å². The fourth-order valence-corrected chi connectivity index (χ4v) is 2.42. The van der Waals surface area contributed by atoms with E-state index in [1.54, 1.807) is 0 Å². The van der Waals surface area contributed by atoms with Gasteiger partial charge in [-0.05, 0) is 47.0 Å². The highest BCUT2D eigenvalue weighted by molar-refractivity contribution is 9.10. The van der Waals surface area contributed by atoms with Gasteiger partial charge in [0.1, 0.15) is 5.75 Å². The molecular formula is C16H15BrN2O4. The summed E-state index contributed by atoms with van der Waals surface area (Å²) in [6, 6.07) is 9.88. The van der Waals surface area contributed by atoms with Crippen molar-refractivity contribution in [3.8, 4) is 5.75 Å². The van der Waals surface area contributed by atoms with Crippen molar-refractivity contribution < 1.29 is 14.5 Å². The van der Waals surface area contributed by atoms with Gasteiger partial charge in [0.25, 0.3) is 11.6 Å². The van der Waals surface area contributed by atoms with Crippen LogP contribution in [0.4, 0.5) is 11.4 Å². The molecule has 6 nitrogen and oxygen atoms in total. The lowest BCUT2D eigenvalue weighted by Gasteiger charge is -2.12. The maximum absolute atomic E-state index is 12.0. The lowest BCUT2D eigenvalue weighted by molar-refractivity contribution is -0.384. The molecule has 2 aromatic rings. The summed E-state index contributed by atoms with van der Waals surface area (Å²) in [6.45, 7) is 3.62. The van der Waals surface area contributed by atoms with Gasteiger partial charge in [-0.2, -0.15) is 0 Å². The summed E-state index contributed by atoms with van der Waals surface area (Å²) in [5, 5.41) is 13.4. The zero-order valence-corrected chi connectivity index (χ0v) is 14.2. The van der Waals surface area contributed by atoms with E-state index in [-0.39, 0.29) is 12.3 Å². The topological polar surface area (TPSA) is 81.5 Å². The molecule has 2 aromatic carbocycles. The van der Waals surface area contributed by atoms with Crippen LogP contribution in [0, 0.1) is 24.0 Å².